The minimum Gasteiger partial charge on any atom is -0.378 e. The molecule has 0 atom stereocenters. The van der Waals surface area contributed by atoms with Crippen LogP contribution in [0, 0.1) is 6.92 Å². The highest BCUT2D eigenvalue weighted by Gasteiger charge is 2.21. The Bertz CT molecular complexity index is 1070. The van der Waals surface area contributed by atoms with E-state index in [4.69, 9.17) is 16.3 Å². The smallest absolute Gasteiger partial charge is 0.352 e. The third kappa shape index (κ3) is 3.45. The van der Waals surface area contributed by atoms with Gasteiger partial charge in [-0.3, -0.25) is 4.79 Å². The first-order chi connectivity index (χ1) is 13.0. The van der Waals surface area contributed by atoms with Crippen molar-refractivity contribution >= 4 is 23.2 Å². The van der Waals surface area contributed by atoms with Crippen molar-refractivity contribution in [2.75, 3.05) is 26.3 Å². The van der Waals surface area contributed by atoms with Crippen molar-refractivity contribution in [3.8, 4) is 11.4 Å². The van der Waals surface area contributed by atoms with Crippen molar-refractivity contribution < 1.29 is 9.53 Å². The first-order valence-corrected chi connectivity index (χ1v) is 8.99. The molecule has 27 heavy (non-hydrogen) atoms. The number of carbonyl (C=O) groups is 1. The second-order valence-electron chi connectivity index (χ2n) is 6.36. The summed E-state index contributed by atoms with van der Waals surface area (Å²) in [6, 6.07) is 8.84. The number of carbonyl (C=O) groups excluding carboxylic acids is 1. The number of halogens is 1. The number of morpholine rings is 1. The van der Waals surface area contributed by atoms with Crippen LogP contribution in [0.1, 0.15) is 5.69 Å². The summed E-state index contributed by atoms with van der Waals surface area (Å²) < 4.78 is 7.85. The molecule has 0 unspecified atom stereocenters. The Morgan fingerprint density at radius 3 is 2.78 bits per heavy atom. The third-order valence-electron chi connectivity index (χ3n) is 4.43. The summed E-state index contributed by atoms with van der Waals surface area (Å²) in [5.41, 5.74) is 1.46. The zero-order chi connectivity index (χ0) is 19.0. The molecule has 1 aliphatic rings. The predicted molar refractivity (Wildman–Crippen MR) is 99.8 cm³/mol. The Morgan fingerprint density at radius 2 is 2.04 bits per heavy atom. The lowest BCUT2D eigenvalue weighted by Crippen LogP contribution is -2.43. The summed E-state index contributed by atoms with van der Waals surface area (Å²) in [6.07, 6.45) is 0. The molecular formula is C18H18ClN5O3. The molecule has 0 spiro atoms. The third-order valence-corrected chi connectivity index (χ3v) is 4.66. The fourth-order valence-electron chi connectivity index (χ4n) is 3.12. The number of nitrogens with zero attached hydrogens (tertiary/aromatic N) is 5. The van der Waals surface area contributed by atoms with Crippen molar-refractivity contribution in [1.82, 2.24) is 24.1 Å². The quantitative estimate of drug-likeness (QED) is 0.678. The van der Waals surface area contributed by atoms with Gasteiger partial charge in [-0.25, -0.2) is 18.9 Å². The van der Waals surface area contributed by atoms with E-state index in [9.17, 15) is 9.59 Å². The van der Waals surface area contributed by atoms with Gasteiger partial charge in [-0.1, -0.05) is 23.7 Å². The molecule has 1 aliphatic heterocycles. The number of hydrogen-bond donors (Lipinski definition) is 0. The normalized spacial score (nSPS) is 14.7. The molecular weight excluding hydrogens is 370 g/mol. The average molecular weight is 388 g/mol. The highest BCUT2D eigenvalue weighted by atomic mass is 35.5. The Labute approximate surface area is 159 Å². The second-order valence-corrected chi connectivity index (χ2v) is 6.79. The van der Waals surface area contributed by atoms with Crippen LogP contribution in [-0.4, -0.2) is 56.3 Å². The number of rotatable bonds is 3. The highest BCUT2D eigenvalue weighted by molar-refractivity contribution is 6.30. The van der Waals surface area contributed by atoms with Gasteiger partial charge >= 0.3 is 5.69 Å². The molecule has 140 valence electrons. The molecule has 1 amide bonds. The predicted octanol–water partition coefficient (Wildman–Crippen LogP) is 1.38. The maximum Gasteiger partial charge on any atom is 0.352 e. The number of amides is 1. The first kappa shape index (κ1) is 17.7. The fourth-order valence-corrected chi connectivity index (χ4v) is 3.31. The highest BCUT2D eigenvalue weighted by Crippen LogP contribution is 2.21. The van der Waals surface area contributed by atoms with Gasteiger partial charge in [0, 0.05) is 35.4 Å². The van der Waals surface area contributed by atoms with Crippen molar-refractivity contribution in [1.29, 1.82) is 0 Å². The van der Waals surface area contributed by atoms with E-state index >= 15 is 0 Å². The number of aromatic nitrogens is 4. The summed E-state index contributed by atoms with van der Waals surface area (Å²) in [4.78, 5) is 31.6. The second kappa shape index (κ2) is 7.13. The minimum atomic E-state index is -0.408. The SMILES string of the molecule is Cc1cc2nn(CC(=O)N3CCOCC3)c(=O)n2c(-c2cccc(Cl)c2)n1. The average Bonchev–Trinajstić information content (AvgIpc) is 2.97. The fraction of sp³-hybridized carbons (Fsp3) is 0.333. The van der Waals surface area contributed by atoms with Crippen LogP contribution in [-0.2, 0) is 16.1 Å². The number of aryl methyl sites for hydroxylation is 1. The van der Waals surface area contributed by atoms with Crippen molar-refractivity contribution in [3.63, 3.8) is 0 Å². The van der Waals surface area contributed by atoms with Crippen LogP contribution in [0.25, 0.3) is 17.0 Å². The van der Waals surface area contributed by atoms with Gasteiger partial charge in [0.1, 0.15) is 12.4 Å². The van der Waals surface area contributed by atoms with Crippen LogP contribution < -0.4 is 5.69 Å². The molecule has 8 nitrogen and oxygen atoms in total. The number of hydrogen-bond acceptors (Lipinski definition) is 5. The van der Waals surface area contributed by atoms with E-state index < -0.39 is 5.69 Å². The van der Waals surface area contributed by atoms with E-state index in [2.05, 4.69) is 10.1 Å². The van der Waals surface area contributed by atoms with E-state index in [0.29, 0.717) is 54.1 Å². The largest absolute Gasteiger partial charge is 0.378 e. The zero-order valence-corrected chi connectivity index (χ0v) is 15.5. The molecule has 1 fully saturated rings. The molecule has 0 saturated carbocycles. The Kier molecular flexibility index (Phi) is 4.67. The van der Waals surface area contributed by atoms with Crippen LogP contribution in [0.2, 0.25) is 5.02 Å². The van der Waals surface area contributed by atoms with Crippen molar-refractivity contribution in [2.45, 2.75) is 13.5 Å². The molecule has 0 N–H and O–H groups in total. The summed E-state index contributed by atoms with van der Waals surface area (Å²) in [6.45, 7) is 3.78. The zero-order valence-electron chi connectivity index (χ0n) is 14.8. The Balaban J connectivity index is 1.76. The van der Waals surface area contributed by atoms with E-state index in [1.54, 1.807) is 29.2 Å². The van der Waals surface area contributed by atoms with Gasteiger partial charge in [-0.05, 0) is 19.1 Å². The van der Waals surface area contributed by atoms with Gasteiger partial charge < -0.3 is 9.64 Å². The molecule has 4 rings (SSSR count). The molecule has 3 heterocycles. The molecule has 0 radical (unpaired) electrons. The maximum atomic E-state index is 12.9. The van der Waals surface area contributed by atoms with Crippen molar-refractivity contribution in [2.24, 2.45) is 0 Å². The summed E-state index contributed by atoms with van der Waals surface area (Å²) >= 11 is 6.09. The van der Waals surface area contributed by atoms with Crippen molar-refractivity contribution in [3.05, 3.63) is 51.5 Å². The molecule has 3 aromatic rings. The van der Waals surface area contributed by atoms with Gasteiger partial charge in [-0.15, -0.1) is 5.10 Å². The first-order valence-electron chi connectivity index (χ1n) is 8.61. The van der Waals surface area contributed by atoms with Gasteiger partial charge in [0.2, 0.25) is 5.91 Å². The van der Waals surface area contributed by atoms with Gasteiger partial charge in [0.15, 0.2) is 5.65 Å². The summed E-state index contributed by atoms with van der Waals surface area (Å²) in [5.74, 6) is 0.292. The Morgan fingerprint density at radius 1 is 1.26 bits per heavy atom. The van der Waals surface area contributed by atoms with E-state index in [1.165, 1.54) is 9.08 Å². The molecule has 9 heteroatoms. The standard InChI is InChI=1S/C18H18ClN5O3/c1-12-9-15-21-23(11-16(25)22-5-7-27-8-6-22)18(26)24(15)17(20-12)13-3-2-4-14(19)10-13/h2-4,9-10H,5-8,11H2,1H3. The monoisotopic (exact) mass is 387 g/mol. The molecule has 1 saturated heterocycles. The number of fused-ring (bicyclic) bond motifs is 1. The van der Waals surface area contributed by atoms with Crippen LogP contribution in [0.5, 0.6) is 0 Å². The van der Waals surface area contributed by atoms with Crippen LogP contribution in [0.15, 0.2) is 35.1 Å². The lowest BCUT2D eigenvalue weighted by Gasteiger charge is -2.26. The number of benzene rings is 1. The van der Waals surface area contributed by atoms with Gasteiger partial charge in [0.05, 0.1) is 13.2 Å². The van der Waals surface area contributed by atoms with Crippen LogP contribution in [0.3, 0.4) is 0 Å². The van der Waals surface area contributed by atoms with Crippen LogP contribution in [0.4, 0.5) is 0 Å². The topological polar surface area (TPSA) is 81.7 Å². The maximum absolute atomic E-state index is 12.9. The van der Waals surface area contributed by atoms with E-state index in [-0.39, 0.29) is 12.5 Å². The number of ether oxygens (including phenoxy) is 1. The Hall–Kier alpha value is -2.71. The molecule has 2 aromatic heterocycles. The lowest BCUT2D eigenvalue weighted by molar-refractivity contribution is -0.136. The summed E-state index contributed by atoms with van der Waals surface area (Å²) in [5, 5.41) is 4.88. The van der Waals surface area contributed by atoms with Crippen LogP contribution >= 0.6 is 11.6 Å². The summed E-state index contributed by atoms with van der Waals surface area (Å²) in [7, 11) is 0. The van der Waals surface area contributed by atoms with E-state index in [0.717, 1.165) is 0 Å². The lowest BCUT2D eigenvalue weighted by atomic mass is 10.2. The molecule has 1 aromatic carbocycles. The van der Waals surface area contributed by atoms with Gasteiger partial charge in [0.25, 0.3) is 0 Å². The van der Waals surface area contributed by atoms with Gasteiger partial charge in [-0.2, -0.15) is 0 Å². The minimum absolute atomic E-state index is 0.117. The van der Waals surface area contributed by atoms with E-state index in [1.807, 2.05) is 13.0 Å². The molecule has 0 aliphatic carbocycles. The molecule has 0 bridgehead atoms.